The van der Waals surface area contributed by atoms with Gasteiger partial charge in [-0.2, -0.15) is 0 Å². The van der Waals surface area contributed by atoms with Crippen LogP contribution in [0.25, 0.3) is 5.70 Å². The first-order chi connectivity index (χ1) is 15.1. The number of alkyl carbamates (subject to hydrolysis) is 1. The van der Waals surface area contributed by atoms with Gasteiger partial charge in [-0.3, -0.25) is 0 Å². The fourth-order valence-corrected chi connectivity index (χ4v) is 2.78. The number of aromatic nitrogens is 2. The molecule has 0 saturated carbocycles. The highest BCUT2D eigenvalue weighted by Crippen LogP contribution is 2.24. The van der Waals surface area contributed by atoms with Crippen LogP contribution < -0.4 is 10.6 Å². The highest BCUT2D eigenvalue weighted by molar-refractivity contribution is 6.31. The number of benzene rings is 2. The summed E-state index contributed by atoms with van der Waals surface area (Å²) in [6.45, 7) is 0.0277. The van der Waals surface area contributed by atoms with Crippen molar-refractivity contribution in [3.05, 3.63) is 82.4 Å². The van der Waals surface area contributed by atoms with E-state index in [-0.39, 0.29) is 24.8 Å². The number of halogens is 2. The van der Waals surface area contributed by atoms with Gasteiger partial charge in [-0.1, -0.05) is 53.2 Å². The lowest BCUT2D eigenvalue weighted by Crippen LogP contribution is -2.24. The summed E-state index contributed by atoms with van der Waals surface area (Å²) < 4.78 is 23.4. The van der Waals surface area contributed by atoms with Crippen molar-refractivity contribution in [3.63, 3.8) is 0 Å². The molecule has 0 fully saturated rings. The summed E-state index contributed by atoms with van der Waals surface area (Å²) in [5.41, 5.74) is 2.46. The summed E-state index contributed by atoms with van der Waals surface area (Å²) >= 11 is 5.83. The Kier molecular flexibility index (Phi) is 7.97. The number of rotatable bonds is 9. The van der Waals surface area contributed by atoms with Gasteiger partial charge in [-0.05, 0) is 35.3 Å². The van der Waals surface area contributed by atoms with Crippen molar-refractivity contribution >= 4 is 29.1 Å². The zero-order valence-electron chi connectivity index (χ0n) is 16.3. The molecular formula is C21H20ClFN4O4. The van der Waals surface area contributed by atoms with Crippen LogP contribution in [0.1, 0.15) is 23.4 Å². The molecule has 3 aromatic rings. The predicted octanol–water partition coefficient (Wildman–Crippen LogP) is 4.12. The van der Waals surface area contributed by atoms with Gasteiger partial charge >= 0.3 is 6.09 Å². The molecule has 0 aliphatic heterocycles. The quantitative estimate of drug-likeness (QED) is 0.453. The van der Waals surface area contributed by atoms with Gasteiger partial charge in [0.25, 0.3) is 0 Å². The van der Waals surface area contributed by atoms with Gasteiger partial charge in [0.05, 0.1) is 17.3 Å². The molecule has 0 radical (unpaired) electrons. The van der Waals surface area contributed by atoms with Crippen molar-refractivity contribution in [1.29, 1.82) is 0 Å². The minimum Gasteiger partial charge on any atom is -0.445 e. The maximum atomic E-state index is 13.4. The normalized spacial score (nSPS) is 11.3. The number of carbonyl (C=O) groups excluding carboxylic acids is 1. The minimum atomic E-state index is -0.628. The number of hydrogen-bond acceptors (Lipinski definition) is 7. The molecule has 10 heteroatoms. The minimum absolute atomic E-state index is 0.00518. The van der Waals surface area contributed by atoms with E-state index < -0.39 is 11.9 Å². The van der Waals surface area contributed by atoms with Crippen LogP contribution in [-0.2, 0) is 17.9 Å². The van der Waals surface area contributed by atoms with Crippen molar-refractivity contribution < 1.29 is 23.7 Å². The number of hydrogen-bond donors (Lipinski definition) is 3. The third-order valence-corrected chi connectivity index (χ3v) is 4.39. The van der Waals surface area contributed by atoms with E-state index in [0.29, 0.717) is 29.2 Å². The molecule has 0 atom stereocenters. The van der Waals surface area contributed by atoms with Gasteiger partial charge in [0.2, 0.25) is 0 Å². The maximum absolute atomic E-state index is 13.4. The topological polar surface area (TPSA) is 110 Å². The zero-order valence-corrected chi connectivity index (χ0v) is 17.1. The SMILES string of the molecule is O=C(NCc1nonc1/C(=C/CCO)Nc1ccc(F)c(Cl)c1)OCc1ccccc1. The molecule has 162 valence electrons. The summed E-state index contributed by atoms with van der Waals surface area (Å²) in [6, 6.07) is 13.4. The van der Waals surface area contributed by atoms with Crippen LogP contribution in [-0.4, -0.2) is 28.1 Å². The second kappa shape index (κ2) is 11.1. The summed E-state index contributed by atoms with van der Waals surface area (Å²) in [5, 5.41) is 22.5. The fourth-order valence-electron chi connectivity index (χ4n) is 2.60. The summed E-state index contributed by atoms with van der Waals surface area (Å²) in [4.78, 5) is 12.0. The van der Waals surface area contributed by atoms with Crippen LogP contribution in [0.2, 0.25) is 5.02 Å². The van der Waals surface area contributed by atoms with Crippen molar-refractivity contribution in [1.82, 2.24) is 15.6 Å². The molecule has 1 amide bonds. The Hall–Kier alpha value is -3.43. The molecule has 0 saturated heterocycles. The smallest absolute Gasteiger partial charge is 0.407 e. The van der Waals surface area contributed by atoms with E-state index in [1.165, 1.54) is 18.2 Å². The van der Waals surface area contributed by atoms with Crippen molar-refractivity contribution in [2.45, 2.75) is 19.6 Å². The van der Waals surface area contributed by atoms with Gasteiger partial charge in [-0.25, -0.2) is 13.8 Å². The average Bonchev–Trinajstić information content (AvgIpc) is 3.25. The van der Waals surface area contributed by atoms with E-state index in [2.05, 4.69) is 20.9 Å². The zero-order chi connectivity index (χ0) is 22.1. The van der Waals surface area contributed by atoms with E-state index in [1.54, 1.807) is 6.08 Å². The van der Waals surface area contributed by atoms with Crippen molar-refractivity contribution in [2.24, 2.45) is 0 Å². The molecule has 0 aliphatic rings. The van der Waals surface area contributed by atoms with Crippen LogP contribution >= 0.6 is 11.6 Å². The molecular weight excluding hydrogens is 427 g/mol. The second-order valence-electron chi connectivity index (χ2n) is 6.36. The van der Waals surface area contributed by atoms with Crippen LogP contribution in [0, 0.1) is 5.82 Å². The number of carbonyl (C=O) groups is 1. The lowest BCUT2D eigenvalue weighted by atomic mass is 10.2. The van der Waals surface area contributed by atoms with E-state index >= 15 is 0 Å². The van der Waals surface area contributed by atoms with Gasteiger partial charge in [0.15, 0.2) is 5.69 Å². The molecule has 3 N–H and O–H groups in total. The van der Waals surface area contributed by atoms with Crippen molar-refractivity contribution in [2.75, 3.05) is 11.9 Å². The van der Waals surface area contributed by atoms with E-state index in [4.69, 9.17) is 21.0 Å². The first-order valence-corrected chi connectivity index (χ1v) is 9.74. The Morgan fingerprint density at radius 3 is 2.77 bits per heavy atom. The number of nitrogens with one attached hydrogen (secondary N) is 2. The number of aliphatic hydroxyl groups excluding tert-OH is 1. The third-order valence-electron chi connectivity index (χ3n) is 4.10. The molecule has 0 spiro atoms. The molecule has 0 bridgehead atoms. The molecule has 0 unspecified atom stereocenters. The number of aliphatic hydroxyl groups is 1. The predicted molar refractivity (Wildman–Crippen MR) is 112 cm³/mol. The van der Waals surface area contributed by atoms with E-state index in [0.717, 1.165) is 5.56 Å². The summed E-state index contributed by atoms with van der Waals surface area (Å²) in [5.74, 6) is -0.546. The first kappa shape index (κ1) is 22.3. The van der Waals surface area contributed by atoms with Crippen LogP contribution in [0.4, 0.5) is 14.9 Å². The molecule has 8 nitrogen and oxygen atoms in total. The average molecular weight is 447 g/mol. The monoisotopic (exact) mass is 446 g/mol. The number of anilines is 1. The van der Waals surface area contributed by atoms with Gasteiger partial charge < -0.3 is 20.5 Å². The largest absolute Gasteiger partial charge is 0.445 e. The second-order valence-corrected chi connectivity index (χ2v) is 6.77. The molecule has 0 aliphatic carbocycles. The lowest BCUT2D eigenvalue weighted by molar-refractivity contribution is 0.139. The molecule has 1 aromatic heterocycles. The van der Waals surface area contributed by atoms with E-state index in [9.17, 15) is 14.3 Å². The lowest BCUT2D eigenvalue weighted by Gasteiger charge is -2.11. The number of amides is 1. The van der Waals surface area contributed by atoms with Crippen LogP contribution in [0.5, 0.6) is 0 Å². The van der Waals surface area contributed by atoms with E-state index in [1.807, 2.05) is 30.3 Å². The molecule has 31 heavy (non-hydrogen) atoms. The Morgan fingerprint density at radius 2 is 2.03 bits per heavy atom. The van der Waals surface area contributed by atoms with Gasteiger partial charge in [-0.15, -0.1) is 0 Å². The van der Waals surface area contributed by atoms with Crippen molar-refractivity contribution in [3.8, 4) is 0 Å². The molecule has 1 heterocycles. The summed E-state index contributed by atoms with van der Waals surface area (Å²) in [6.07, 6.45) is 1.36. The maximum Gasteiger partial charge on any atom is 0.407 e. The Labute approximate surface area is 182 Å². The molecule has 3 rings (SSSR count). The molecule has 2 aromatic carbocycles. The third kappa shape index (κ3) is 6.53. The highest BCUT2D eigenvalue weighted by Gasteiger charge is 2.17. The number of nitrogens with zero attached hydrogens (tertiary/aromatic N) is 2. The number of ether oxygens (including phenoxy) is 1. The first-order valence-electron chi connectivity index (χ1n) is 9.36. The fraction of sp³-hybridized carbons (Fsp3) is 0.190. The summed E-state index contributed by atoms with van der Waals surface area (Å²) in [7, 11) is 0. The Balaban J connectivity index is 1.66. The highest BCUT2D eigenvalue weighted by atomic mass is 35.5. The standard InChI is InChI=1S/C21H20ClFN4O4/c22-16-11-15(8-9-17(16)23)25-18(7-4-10-28)20-19(26-31-27-20)12-24-21(29)30-13-14-5-2-1-3-6-14/h1-3,5-9,11,25,28H,4,10,12-13H2,(H,24,29)/b18-7-. The van der Waals surface area contributed by atoms with Gasteiger partial charge in [0.1, 0.15) is 18.1 Å². The van der Waals surface area contributed by atoms with Gasteiger partial charge in [0, 0.05) is 12.3 Å². The Morgan fingerprint density at radius 1 is 1.23 bits per heavy atom. The van der Waals surface area contributed by atoms with Crippen LogP contribution in [0.15, 0.2) is 59.2 Å². The Bertz CT molecular complexity index is 1040. The van der Waals surface area contributed by atoms with Crippen LogP contribution in [0.3, 0.4) is 0 Å².